The van der Waals surface area contributed by atoms with Crippen LogP contribution in [0.15, 0.2) is 54.6 Å². The second kappa shape index (κ2) is 9.91. The van der Waals surface area contributed by atoms with Crippen molar-refractivity contribution in [3.05, 3.63) is 88.5 Å². The number of hydrogen-bond donors (Lipinski definition) is 1. The highest BCUT2D eigenvalue weighted by Gasteiger charge is 2.18. The molecule has 8 heteroatoms. The van der Waals surface area contributed by atoms with Crippen LogP contribution in [0, 0.1) is 19.7 Å². The number of nitrogens with zero attached hydrogens (tertiary/aromatic N) is 1. The van der Waals surface area contributed by atoms with Crippen LogP contribution in [0.1, 0.15) is 37.7 Å². The lowest BCUT2D eigenvalue weighted by Crippen LogP contribution is -2.20. The maximum absolute atomic E-state index is 13.1. The van der Waals surface area contributed by atoms with Gasteiger partial charge in [-0.1, -0.05) is 12.1 Å². The smallest absolute Gasteiger partial charge is 0.338 e. The number of rotatable bonds is 9. The van der Waals surface area contributed by atoms with Gasteiger partial charge in [0.05, 0.1) is 5.56 Å². The van der Waals surface area contributed by atoms with Crippen LogP contribution in [0.5, 0.6) is 5.75 Å². The fourth-order valence-electron chi connectivity index (χ4n) is 3.23. The van der Waals surface area contributed by atoms with E-state index in [9.17, 15) is 18.8 Å². The number of carbonyl (C=O) groups excluding carboxylic acids is 3. The molecule has 0 aliphatic carbocycles. The first-order valence-corrected chi connectivity index (χ1v) is 9.87. The summed E-state index contributed by atoms with van der Waals surface area (Å²) in [6.45, 7) is 3.52. The highest BCUT2D eigenvalue weighted by Crippen LogP contribution is 2.19. The molecule has 1 aromatic heterocycles. The van der Waals surface area contributed by atoms with Gasteiger partial charge in [-0.15, -0.1) is 0 Å². The molecule has 0 aliphatic rings. The maximum Gasteiger partial charge on any atom is 0.338 e. The Balaban J connectivity index is 1.61. The van der Waals surface area contributed by atoms with Gasteiger partial charge in [0.1, 0.15) is 11.6 Å². The molecule has 2 N–H and O–H groups in total. The van der Waals surface area contributed by atoms with E-state index in [2.05, 4.69) is 0 Å². The Kier molecular flexibility index (Phi) is 7.04. The van der Waals surface area contributed by atoms with Gasteiger partial charge in [-0.05, 0) is 61.9 Å². The lowest BCUT2D eigenvalue weighted by Gasteiger charge is -2.10. The van der Waals surface area contributed by atoms with Gasteiger partial charge in [-0.3, -0.25) is 9.59 Å². The summed E-state index contributed by atoms with van der Waals surface area (Å²) in [5, 5.41) is 0. The molecule has 3 aromatic rings. The van der Waals surface area contributed by atoms with Crippen LogP contribution >= 0.6 is 0 Å². The number of esters is 1. The van der Waals surface area contributed by atoms with Crippen LogP contribution in [-0.2, 0) is 16.1 Å². The first kappa shape index (κ1) is 22.7. The van der Waals surface area contributed by atoms with Crippen LogP contribution in [0.3, 0.4) is 0 Å². The van der Waals surface area contributed by atoms with E-state index in [1.807, 2.05) is 18.4 Å². The second-order valence-corrected chi connectivity index (χ2v) is 7.28. The number of Topliss-reactive ketones (excluding diaryl/α,β-unsaturated/α-hetero) is 1. The zero-order valence-corrected chi connectivity index (χ0v) is 17.8. The quantitative estimate of drug-likeness (QED) is 0.408. The maximum atomic E-state index is 13.1. The average Bonchev–Trinajstić information content (AvgIpc) is 3.06. The fourth-order valence-corrected chi connectivity index (χ4v) is 3.23. The molecule has 166 valence electrons. The van der Waals surface area contributed by atoms with Gasteiger partial charge in [-0.2, -0.15) is 0 Å². The predicted molar refractivity (Wildman–Crippen MR) is 115 cm³/mol. The molecule has 0 unspecified atom stereocenters. The molecular formula is C24H23FN2O5. The van der Waals surface area contributed by atoms with Crippen molar-refractivity contribution in [1.82, 2.24) is 4.57 Å². The summed E-state index contributed by atoms with van der Waals surface area (Å²) in [6, 6.07) is 13.9. The van der Waals surface area contributed by atoms with Gasteiger partial charge >= 0.3 is 5.97 Å². The predicted octanol–water partition coefficient (Wildman–Crippen LogP) is 3.20. The molecule has 7 nitrogen and oxygen atoms in total. The number of hydrogen-bond acceptors (Lipinski definition) is 5. The zero-order valence-electron chi connectivity index (χ0n) is 17.8. The minimum atomic E-state index is -0.653. The number of amides is 1. The van der Waals surface area contributed by atoms with Crippen LogP contribution in [0.25, 0.3) is 0 Å². The number of halogens is 1. The average molecular weight is 438 g/mol. The molecule has 1 heterocycles. The first-order valence-electron chi connectivity index (χ1n) is 9.87. The summed E-state index contributed by atoms with van der Waals surface area (Å²) in [5.41, 5.74) is 8.23. The molecule has 0 saturated carbocycles. The van der Waals surface area contributed by atoms with E-state index in [-0.39, 0.29) is 23.8 Å². The first-order chi connectivity index (χ1) is 15.2. The Morgan fingerprint density at radius 2 is 1.62 bits per heavy atom. The lowest BCUT2D eigenvalue weighted by molar-refractivity contribution is -0.119. The number of aromatic nitrogens is 1. The summed E-state index contributed by atoms with van der Waals surface area (Å²) in [7, 11) is 0. The van der Waals surface area contributed by atoms with Crippen LogP contribution < -0.4 is 10.5 Å². The van der Waals surface area contributed by atoms with E-state index in [1.54, 1.807) is 18.2 Å². The summed E-state index contributed by atoms with van der Waals surface area (Å²) in [4.78, 5) is 35.7. The van der Waals surface area contributed by atoms with Gasteiger partial charge in [0.15, 0.2) is 13.2 Å². The molecule has 0 fully saturated rings. The summed E-state index contributed by atoms with van der Waals surface area (Å²) in [5.74, 6) is -1.51. The normalized spacial score (nSPS) is 10.6. The van der Waals surface area contributed by atoms with E-state index < -0.39 is 18.5 Å². The van der Waals surface area contributed by atoms with E-state index in [0.29, 0.717) is 17.9 Å². The Hall–Kier alpha value is -3.94. The van der Waals surface area contributed by atoms with Gasteiger partial charge in [0.2, 0.25) is 5.78 Å². The topological polar surface area (TPSA) is 101 Å². The molecule has 0 bridgehead atoms. The molecule has 0 spiro atoms. The van der Waals surface area contributed by atoms with Crippen LogP contribution in [0.2, 0.25) is 0 Å². The standard InChI is InChI=1S/C24H23FN2O5/c1-15-11-21(16(2)27(15)12-17-3-7-19(25)8-4-17)22(28)13-32-24(30)18-5-9-20(10-6-18)31-14-23(26)29/h3-11H,12-14H2,1-2H3,(H2,26,29). The number of carbonyl (C=O) groups is 3. The van der Waals surface area contributed by atoms with Crippen molar-refractivity contribution < 1.29 is 28.2 Å². The minimum absolute atomic E-state index is 0.242. The molecule has 32 heavy (non-hydrogen) atoms. The monoisotopic (exact) mass is 438 g/mol. The molecule has 2 aromatic carbocycles. The van der Waals surface area contributed by atoms with E-state index >= 15 is 0 Å². The van der Waals surface area contributed by atoms with Crippen molar-refractivity contribution in [2.75, 3.05) is 13.2 Å². The van der Waals surface area contributed by atoms with Crippen LogP contribution in [-0.4, -0.2) is 35.4 Å². The summed E-state index contributed by atoms with van der Waals surface area (Å²) >= 11 is 0. The highest BCUT2D eigenvalue weighted by molar-refractivity contribution is 6.00. The number of ether oxygens (including phenoxy) is 2. The largest absolute Gasteiger partial charge is 0.484 e. The molecule has 0 aliphatic heterocycles. The summed E-state index contributed by atoms with van der Waals surface area (Å²) in [6.07, 6.45) is 0. The number of aryl methyl sites for hydroxylation is 1. The number of benzene rings is 2. The van der Waals surface area contributed by atoms with Gasteiger partial charge < -0.3 is 19.8 Å². The van der Waals surface area contributed by atoms with Crippen molar-refractivity contribution in [1.29, 1.82) is 0 Å². The zero-order chi connectivity index (χ0) is 23.3. The van der Waals surface area contributed by atoms with Gasteiger partial charge in [0.25, 0.3) is 5.91 Å². The Morgan fingerprint density at radius 3 is 2.25 bits per heavy atom. The van der Waals surface area contributed by atoms with E-state index in [4.69, 9.17) is 15.2 Å². The Morgan fingerprint density at radius 1 is 0.969 bits per heavy atom. The van der Waals surface area contributed by atoms with E-state index in [1.165, 1.54) is 36.4 Å². The van der Waals surface area contributed by atoms with Crippen LogP contribution in [0.4, 0.5) is 4.39 Å². The van der Waals surface area contributed by atoms with Crippen molar-refractivity contribution in [2.24, 2.45) is 5.73 Å². The van der Waals surface area contributed by atoms with Crippen molar-refractivity contribution in [2.45, 2.75) is 20.4 Å². The van der Waals surface area contributed by atoms with Crippen molar-refractivity contribution in [3.8, 4) is 5.75 Å². The Bertz CT molecular complexity index is 1130. The number of primary amides is 1. The van der Waals surface area contributed by atoms with Gasteiger partial charge in [-0.25, -0.2) is 9.18 Å². The third kappa shape index (κ3) is 5.60. The third-order valence-corrected chi connectivity index (χ3v) is 4.93. The van der Waals surface area contributed by atoms with Gasteiger partial charge in [0, 0.05) is 23.5 Å². The second-order valence-electron chi connectivity index (χ2n) is 7.28. The highest BCUT2D eigenvalue weighted by atomic mass is 19.1. The van der Waals surface area contributed by atoms with Crippen molar-refractivity contribution in [3.63, 3.8) is 0 Å². The summed E-state index contributed by atoms with van der Waals surface area (Å²) < 4.78 is 25.4. The van der Waals surface area contributed by atoms with E-state index in [0.717, 1.165) is 17.0 Å². The molecule has 3 rings (SSSR count). The Labute approximate surface area is 184 Å². The molecule has 0 saturated heterocycles. The molecular weight excluding hydrogens is 415 g/mol. The molecule has 0 radical (unpaired) electrons. The lowest BCUT2D eigenvalue weighted by atomic mass is 10.1. The molecule has 0 atom stereocenters. The number of nitrogens with two attached hydrogens (primary N) is 1. The number of ketones is 1. The SMILES string of the molecule is Cc1cc(C(=O)COC(=O)c2ccc(OCC(N)=O)cc2)c(C)n1Cc1ccc(F)cc1. The third-order valence-electron chi connectivity index (χ3n) is 4.93. The fraction of sp³-hybridized carbons (Fsp3) is 0.208. The molecule has 1 amide bonds. The van der Waals surface area contributed by atoms with Crippen molar-refractivity contribution >= 4 is 17.7 Å². The minimum Gasteiger partial charge on any atom is -0.484 e.